The Morgan fingerprint density at radius 3 is 2.38 bits per heavy atom. The third-order valence-electron chi connectivity index (χ3n) is 2.30. The van der Waals surface area contributed by atoms with E-state index in [1.807, 2.05) is 13.0 Å². The Balaban J connectivity index is 2.87. The summed E-state index contributed by atoms with van der Waals surface area (Å²) in [4.78, 5) is 2.37. The summed E-state index contributed by atoms with van der Waals surface area (Å²) in [7, 11) is 0. The van der Waals surface area contributed by atoms with Crippen molar-refractivity contribution in [2.75, 3.05) is 13.1 Å². The van der Waals surface area contributed by atoms with Gasteiger partial charge in [0.2, 0.25) is 0 Å². The van der Waals surface area contributed by atoms with E-state index in [-0.39, 0.29) is 4.99 Å². The standard InChI is InChI=1S/C9H13N3S/c1-7(8(6-10)9(11)13)12-4-2-3-5-12/h2-5H2,1H3,(H2,11,13)/b8-7-. The average Bonchev–Trinajstić information content (AvgIpc) is 2.56. The van der Waals surface area contributed by atoms with E-state index in [1.54, 1.807) is 0 Å². The van der Waals surface area contributed by atoms with Crippen molar-refractivity contribution in [3.8, 4) is 6.07 Å². The third-order valence-corrected chi connectivity index (χ3v) is 2.50. The van der Waals surface area contributed by atoms with Gasteiger partial charge in [0.25, 0.3) is 0 Å². The van der Waals surface area contributed by atoms with Gasteiger partial charge in [0, 0.05) is 18.8 Å². The number of nitrogens with zero attached hydrogens (tertiary/aromatic N) is 2. The summed E-state index contributed by atoms with van der Waals surface area (Å²) in [6.45, 7) is 3.93. The van der Waals surface area contributed by atoms with Crippen LogP contribution in [-0.4, -0.2) is 23.0 Å². The van der Waals surface area contributed by atoms with Crippen LogP contribution < -0.4 is 5.73 Å². The molecule has 3 nitrogen and oxygen atoms in total. The topological polar surface area (TPSA) is 53.1 Å². The molecule has 0 radical (unpaired) electrons. The highest BCUT2D eigenvalue weighted by molar-refractivity contribution is 7.80. The molecule has 0 aromatic heterocycles. The molecule has 0 aromatic rings. The first-order chi connectivity index (χ1) is 6.16. The number of hydrogen-bond donors (Lipinski definition) is 1. The van der Waals surface area contributed by atoms with Crippen LogP contribution in [0.3, 0.4) is 0 Å². The van der Waals surface area contributed by atoms with Crippen molar-refractivity contribution in [3.63, 3.8) is 0 Å². The van der Waals surface area contributed by atoms with E-state index in [2.05, 4.69) is 4.90 Å². The number of thiocarbonyl (C=S) groups is 1. The van der Waals surface area contributed by atoms with E-state index >= 15 is 0 Å². The van der Waals surface area contributed by atoms with Crippen LogP contribution in [-0.2, 0) is 0 Å². The van der Waals surface area contributed by atoms with Gasteiger partial charge >= 0.3 is 0 Å². The number of hydrogen-bond acceptors (Lipinski definition) is 3. The number of rotatable bonds is 2. The van der Waals surface area contributed by atoms with Gasteiger partial charge in [-0.05, 0) is 19.8 Å². The molecule has 13 heavy (non-hydrogen) atoms. The Morgan fingerprint density at radius 2 is 2.00 bits per heavy atom. The normalized spacial score (nSPS) is 18.0. The molecule has 2 N–H and O–H groups in total. The van der Waals surface area contributed by atoms with Crippen LogP contribution in [0.4, 0.5) is 0 Å². The van der Waals surface area contributed by atoms with Crippen molar-refractivity contribution >= 4 is 17.2 Å². The van der Waals surface area contributed by atoms with Crippen LogP contribution in [0.1, 0.15) is 19.8 Å². The van der Waals surface area contributed by atoms with Gasteiger partial charge in [-0.15, -0.1) is 0 Å². The average molecular weight is 195 g/mol. The summed E-state index contributed by atoms with van der Waals surface area (Å²) in [5.74, 6) is 0. The zero-order chi connectivity index (χ0) is 9.84. The molecule has 0 spiro atoms. The number of nitrogens with two attached hydrogens (primary N) is 1. The Labute approximate surface area is 83.8 Å². The molecule has 0 saturated carbocycles. The molecule has 1 rings (SSSR count). The van der Waals surface area contributed by atoms with E-state index in [9.17, 15) is 0 Å². The van der Waals surface area contributed by atoms with Gasteiger partial charge in [-0.3, -0.25) is 0 Å². The van der Waals surface area contributed by atoms with Gasteiger partial charge in [-0.2, -0.15) is 5.26 Å². The molecule has 1 saturated heterocycles. The lowest BCUT2D eigenvalue weighted by Gasteiger charge is -2.19. The minimum absolute atomic E-state index is 0.201. The maximum Gasteiger partial charge on any atom is 0.116 e. The largest absolute Gasteiger partial charge is 0.389 e. The minimum Gasteiger partial charge on any atom is -0.389 e. The van der Waals surface area contributed by atoms with Crippen LogP contribution in [0.5, 0.6) is 0 Å². The molecule has 0 amide bonds. The fourth-order valence-electron chi connectivity index (χ4n) is 1.52. The smallest absolute Gasteiger partial charge is 0.116 e. The van der Waals surface area contributed by atoms with Gasteiger partial charge in [-0.25, -0.2) is 0 Å². The van der Waals surface area contributed by atoms with E-state index in [0.29, 0.717) is 5.57 Å². The Kier molecular flexibility index (Phi) is 3.26. The maximum absolute atomic E-state index is 8.83. The molecular weight excluding hydrogens is 182 g/mol. The zero-order valence-corrected chi connectivity index (χ0v) is 8.52. The predicted molar refractivity (Wildman–Crippen MR) is 55.9 cm³/mol. The number of nitriles is 1. The lowest BCUT2D eigenvalue weighted by atomic mass is 10.2. The van der Waals surface area contributed by atoms with Crippen molar-refractivity contribution < 1.29 is 0 Å². The van der Waals surface area contributed by atoms with Crippen LogP contribution in [0, 0.1) is 11.3 Å². The monoisotopic (exact) mass is 195 g/mol. The van der Waals surface area contributed by atoms with Crippen molar-refractivity contribution in [3.05, 3.63) is 11.3 Å². The van der Waals surface area contributed by atoms with Gasteiger partial charge in [0.1, 0.15) is 16.6 Å². The first-order valence-corrected chi connectivity index (χ1v) is 4.73. The molecule has 1 aliphatic rings. The molecule has 0 atom stereocenters. The van der Waals surface area contributed by atoms with E-state index < -0.39 is 0 Å². The first kappa shape index (κ1) is 10.0. The second-order valence-electron chi connectivity index (χ2n) is 3.13. The lowest BCUT2D eigenvalue weighted by Crippen LogP contribution is -2.22. The molecule has 1 aliphatic heterocycles. The van der Waals surface area contributed by atoms with Crippen LogP contribution in [0.15, 0.2) is 11.3 Å². The molecular formula is C9H13N3S. The van der Waals surface area contributed by atoms with Crippen LogP contribution >= 0.6 is 12.2 Å². The molecule has 0 aliphatic carbocycles. The second kappa shape index (κ2) is 4.24. The second-order valence-corrected chi connectivity index (χ2v) is 3.57. The lowest BCUT2D eigenvalue weighted by molar-refractivity contribution is 0.426. The molecule has 4 heteroatoms. The molecule has 1 fully saturated rings. The number of allylic oxidation sites excluding steroid dienone is 1. The van der Waals surface area contributed by atoms with E-state index in [4.69, 9.17) is 23.2 Å². The molecule has 0 aromatic carbocycles. The van der Waals surface area contributed by atoms with E-state index in [0.717, 1.165) is 18.8 Å². The summed E-state index contributed by atoms with van der Waals surface area (Å²) in [6.07, 6.45) is 2.38. The van der Waals surface area contributed by atoms with Crippen LogP contribution in [0.2, 0.25) is 0 Å². The summed E-state index contributed by atoms with van der Waals surface area (Å²) in [5, 5.41) is 8.83. The quantitative estimate of drug-likeness (QED) is 0.408. The van der Waals surface area contributed by atoms with Crippen molar-refractivity contribution in [1.82, 2.24) is 4.90 Å². The number of likely N-dealkylation sites (tertiary alicyclic amines) is 1. The van der Waals surface area contributed by atoms with Crippen LogP contribution in [0.25, 0.3) is 0 Å². The minimum atomic E-state index is 0.201. The SMILES string of the molecule is C/C(=C(\C#N)C(N)=S)N1CCCC1. The maximum atomic E-state index is 8.83. The zero-order valence-electron chi connectivity index (χ0n) is 7.71. The summed E-state index contributed by atoms with van der Waals surface area (Å²) < 4.78 is 0. The van der Waals surface area contributed by atoms with Gasteiger partial charge in [0.05, 0.1) is 0 Å². The molecule has 0 unspecified atom stereocenters. The Hall–Kier alpha value is -1.08. The fraction of sp³-hybridized carbons (Fsp3) is 0.556. The predicted octanol–water partition coefficient (Wildman–Crippen LogP) is 1.17. The Morgan fingerprint density at radius 1 is 1.46 bits per heavy atom. The summed E-state index contributed by atoms with van der Waals surface area (Å²) >= 11 is 4.80. The molecule has 70 valence electrons. The highest BCUT2D eigenvalue weighted by atomic mass is 32.1. The highest BCUT2D eigenvalue weighted by Crippen LogP contribution is 2.17. The van der Waals surface area contributed by atoms with Gasteiger partial charge in [-0.1, -0.05) is 12.2 Å². The molecule has 1 heterocycles. The van der Waals surface area contributed by atoms with Gasteiger partial charge in [0.15, 0.2) is 0 Å². The molecule has 0 bridgehead atoms. The van der Waals surface area contributed by atoms with Gasteiger partial charge < -0.3 is 10.6 Å². The highest BCUT2D eigenvalue weighted by Gasteiger charge is 2.16. The van der Waals surface area contributed by atoms with Crippen molar-refractivity contribution in [1.29, 1.82) is 5.26 Å². The fourth-order valence-corrected chi connectivity index (χ4v) is 1.72. The van der Waals surface area contributed by atoms with Crippen molar-refractivity contribution in [2.24, 2.45) is 5.73 Å². The Bertz CT molecular complexity index is 282. The van der Waals surface area contributed by atoms with Crippen molar-refractivity contribution in [2.45, 2.75) is 19.8 Å². The third kappa shape index (κ3) is 2.19. The first-order valence-electron chi connectivity index (χ1n) is 4.32. The summed E-state index contributed by atoms with van der Waals surface area (Å²) in [6, 6.07) is 2.05. The van der Waals surface area contributed by atoms with E-state index in [1.165, 1.54) is 12.8 Å². The summed E-state index contributed by atoms with van der Waals surface area (Å²) in [5.41, 5.74) is 6.82.